The van der Waals surface area contributed by atoms with E-state index in [-0.39, 0.29) is 17.8 Å². The van der Waals surface area contributed by atoms with Crippen molar-refractivity contribution in [2.75, 3.05) is 26.0 Å². The van der Waals surface area contributed by atoms with Crippen LogP contribution in [0.4, 0.5) is 0 Å². The summed E-state index contributed by atoms with van der Waals surface area (Å²) in [5.74, 6) is 0.751. The molecule has 0 saturated carbocycles. The van der Waals surface area contributed by atoms with E-state index in [1.54, 1.807) is 18.8 Å². The van der Waals surface area contributed by atoms with Crippen molar-refractivity contribution in [3.8, 4) is 0 Å². The molecule has 0 fully saturated rings. The molecule has 0 saturated heterocycles. The van der Waals surface area contributed by atoms with Crippen molar-refractivity contribution in [1.82, 2.24) is 5.32 Å². The number of carbonyl (C=O) groups is 1. The number of nitrogens with one attached hydrogen (secondary N) is 1. The molecule has 0 radical (unpaired) electrons. The number of rotatable bonds is 9. The van der Waals surface area contributed by atoms with Crippen LogP contribution in [-0.2, 0) is 9.53 Å². The molecular weight excluding hydrogens is 238 g/mol. The summed E-state index contributed by atoms with van der Waals surface area (Å²) in [5, 5.41) is 12.2. The summed E-state index contributed by atoms with van der Waals surface area (Å²) < 4.78 is 5.05. The van der Waals surface area contributed by atoms with Gasteiger partial charge in [0.2, 0.25) is 0 Å². The van der Waals surface area contributed by atoms with Gasteiger partial charge in [-0.25, -0.2) is 0 Å². The van der Waals surface area contributed by atoms with E-state index in [4.69, 9.17) is 9.84 Å². The number of aliphatic hydroxyl groups is 1. The number of thioether (sulfide) groups is 1. The van der Waals surface area contributed by atoms with E-state index < -0.39 is 5.54 Å². The normalized spacial score (nSPS) is 16.3. The minimum absolute atomic E-state index is 0.192. The summed E-state index contributed by atoms with van der Waals surface area (Å²) in [4.78, 5) is 11.7. The van der Waals surface area contributed by atoms with E-state index >= 15 is 0 Å². The smallest absolute Gasteiger partial charge is 0.326 e. The summed E-state index contributed by atoms with van der Waals surface area (Å²) in [5.41, 5.74) is -0.598. The van der Waals surface area contributed by atoms with Crippen LogP contribution in [0.1, 0.15) is 33.6 Å². The second-order valence-corrected chi connectivity index (χ2v) is 5.82. The van der Waals surface area contributed by atoms with Gasteiger partial charge in [0.05, 0.1) is 13.2 Å². The number of aliphatic hydroxyl groups excluding tert-OH is 1. The Balaban J connectivity index is 3.99. The molecule has 0 amide bonds. The molecule has 4 nitrogen and oxygen atoms in total. The SMILES string of the molecule is CCOC(=O)C(C)(CCCSC(C)CO)NC. The van der Waals surface area contributed by atoms with Crippen LogP contribution < -0.4 is 5.32 Å². The molecule has 0 heterocycles. The van der Waals surface area contributed by atoms with Gasteiger partial charge < -0.3 is 15.2 Å². The maximum atomic E-state index is 11.7. The summed E-state index contributed by atoms with van der Waals surface area (Å²) in [6.45, 7) is 6.28. The summed E-state index contributed by atoms with van der Waals surface area (Å²) in [6, 6.07) is 0. The molecule has 0 aromatic carbocycles. The first kappa shape index (κ1) is 16.7. The molecule has 2 N–H and O–H groups in total. The van der Waals surface area contributed by atoms with Crippen molar-refractivity contribution >= 4 is 17.7 Å². The quantitative estimate of drug-likeness (QED) is 0.487. The standard InChI is InChI=1S/C12H25NO3S/c1-5-16-11(15)12(3,13-4)7-6-8-17-10(2)9-14/h10,13-14H,5-9H2,1-4H3. The van der Waals surface area contributed by atoms with Gasteiger partial charge in [-0.3, -0.25) is 4.79 Å². The topological polar surface area (TPSA) is 58.6 Å². The third-order valence-corrected chi connectivity index (χ3v) is 4.00. The average molecular weight is 263 g/mol. The molecule has 5 heteroatoms. The van der Waals surface area contributed by atoms with Crippen LogP contribution in [0.5, 0.6) is 0 Å². The van der Waals surface area contributed by atoms with Crippen LogP contribution in [0.15, 0.2) is 0 Å². The maximum Gasteiger partial charge on any atom is 0.326 e. The molecule has 0 aliphatic carbocycles. The van der Waals surface area contributed by atoms with Crippen molar-refractivity contribution in [1.29, 1.82) is 0 Å². The lowest BCUT2D eigenvalue weighted by Crippen LogP contribution is -2.48. The van der Waals surface area contributed by atoms with E-state index in [0.29, 0.717) is 6.61 Å². The highest BCUT2D eigenvalue weighted by Gasteiger charge is 2.32. The van der Waals surface area contributed by atoms with E-state index in [0.717, 1.165) is 18.6 Å². The fourth-order valence-corrected chi connectivity index (χ4v) is 2.20. The molecule has 0 bridgehead atoms. The average Bonchev–Trinajstić information content (AvgIpc) is 2.34. The summed E-state index contributed by atoms with van der Waals surface area (Å²) in [6.07, 6.45) is 1.67. The molecule has 2 unspecified atom stereocenters. The molecule has 2 atom stereocenters. The third kappa shape index (κ3) is 6.29. The van der Waals surface area contributed by atoms with Crippen LogP contribution in [0.3, 0.4) is 0 Å². The largest absolute Gasteiger partial charge is 0.465 e. The van der Waals surface area contributed by atoms with Crippen LogP contribution in [0.2, 0.25) is 0 Å². The van der Waals surface area contributed by atoms with Gasteiger partial charge in [0.25, 0.3) is 0 Å². The Morgan fingerprint density at radius 1 is 1.59 bits per heavy atom. The molecule has 0 aromatic rings. The first-order valence-corrected chi connectivity index (χ1v) is 7.13. The molecule has 102 valence electrons. The summed E-state index contributed by atoms with van der Waals surface area (Å²) in [7, 11) is 1.78. The van der Waals surface area contributed by atoms with E-state index in [1.165, 1.54) is 0 Å². The van der Waals surface area contributed by atoms with Gasteiger partial charge in [-0.1, -0.05) is 6.92 Å². The second-order valence-electron chi connectivity index (χ2n) is 4.27. The molecule has 0 aliphatic heterocycles. The van der Waals surface area contributed by atoms with Crippen molar-refractivity contribution < 1.29 is 14.6 Å². The Morgan fingerprint density at radius 2 is 2.24 bits per heavy atom. The third-order valence-electron chi connectivity index (χ3n) is 2.76. The van der Waals surface area contributed by atoms with Crippen LogP contribution in [0.25, 0.3) is 0 Å². The Bertz CT molecular complexity index is 226. The van der Waals surface area contributed by atoms with Gasteiger partial charge in [-0.2, -0.15) is 11.8 Å². The minimum Gasteiger partial charge on any atom is -0.465 e. The molecule has 0 aliphatic rings. The minimum atomic E-state index is -0.598. The first-order valence-electron chi connectivity index (χ1n) is 6.08. The number of ether oxygens (including phenoxy) is 1. The van der Waals surface area contributed by atoms with Crippen molar-refractivity contribution in [3.63, 3.8) is 0 Å². The fraction of sp³-hybridized carbons (Fsp3) is 0.917. The number of likely N-dealkylation sites (N-methyl/N-ethyl adjacent to an activating group) is 1. The van der Waals surface area contributed by atoms with Gasteiger partial charge in [0.1, 0.15) is 5.54 Å². The lowest BCUT2D eigenvalue weighted by atomic mass is 9.97. The van der Waals surface area contributed by atoms with Crippen molar-refractivity contribution in [2.24, 2.45) is 0 Å². The number of esters is 1. The molecule has 0 aromatic heterocycles. The van der Waals surface area contributed by atoms with Crippen molar-refractivity contribution in [2.45, 2.75) is 44.4 Å². The lowest BCUT2D eigenvalue weighted by Gasteiger charge is -2.26. The fourth-order valence-electron chi connectivity index (χ4n) is 1.38. The molecule has 17 heavy (non-hydrogen) atoms. The van der Waals surface area contributed by atoms with E-state index in [2.05, 4.69) is 5.32 Å². The Hall–Kier alpha value is -0.260. The summed E-state index contributed by atoms with van der Waals surface area (Å²) >= 11 is 1.72. The van der Waals surface area contributed by atoms with Crippen LogP contribution in [-0.4, -0.2) is 47.9 Å². The van der Waals surface area contributed by atoms with E-state index in [9.17, 15) is 4.79 Å². The molecule has 0 rings (SSSR count). The van der Waals surface area contributed by atoms with Gasteiger partial charge in [0.15, 0.2) is 0 Å². The first-order chi connectivity index (χ1) is 8.00. The predicted octanol–water partition coefficient (Wildman–Crippen LogP) is 1.42. The number of hydrogen-bond donors (Lipinski definition) is 2. The van der Waals surface area contributed by atoms with E-state index in [1.807, 2.05) is 20.8 Å². The van der Waals surface area contributed by atoms with Crippen LogP contribution >= 0.6 is 11.8 Å². The number of carbonyl (C=O) groups excluding carboxylic acids is 1. The van der Waals surface area contributed by atoms with Crippen molar-refractivity contribution in [3.05, 3.63) is 0 Å². The Morgan fingerprint density at radius 3 is 2.71 bits per heavy atom. The van der Waals surface area contributed by atoms with Crippen LogP contribution in [0, 0.1) is 0 Å². The molecular formula is C12H25NO3S. The maximum absolute atomic E-state index is 11.7. The zero-order valence-corrected chi connectivity index (χ0v) is 12.1. The second kappa shape index (κ2) is 8.78. The van der Waals surface area contributed by atoms with Gasteiger partial charge in [-0.15, -0.1) is 0 Å². The predicted molar refractivity (Wildman–Crippen MR) is 72.3 cm³/mol. The van der Waals surface area contributed by atoms with Gasteiger partial charge in [-0.05, 0) is 39.5 Å². The zero-order valence-electron chi connectivity index (χ0n) is 11.3. The highest BCUT2D eigenvalue weighted by atomic mass is 32.2. The van der Waals surface area contributed by atoms with Gasteiger partial charge in [0, 0.05) is 5.25 Å². The van der Waals surface area contributed by atoms with Gasteiger partial charge >= 0.3 is 5.97 Å². The lowest BCUT2D eigenvalue weighted by molar-refractivity contribution is -0.150. The zero-order chi connectivity index (χ0) is 13.3. The number of hydrogen-bond acceptors (Lipinski definition) is 5. The Labute approximate surface area is 108 Å². The highest BCUT2D eigenvalue weighted by Crippen LogP contribution is 2.18. The monoisotopic (exact) mass is 263 g/mol. The Kier molecular flexibility index (Phi) is 8.64. The highest BCUT2D eigenvalue weighted by molar-refractivity contribution is 7.99. The molecule has 0 spiro atoms.